The molecular weight excluding hydrogens is 224 g/mol. The van der Waals surface area contributed by atoms with E-state index in [1.54, 1.807) is 0 Å². The Labute approximate surface area is 106 Å². The summed E-state index contributed by atoms with van der Waals surface area (Å²) in [5.41, 5.74) is 2.52. The highest BCUT2D eigenvalue weighted by atomic mass is 16.4. The Kier molecular flexibility index (Phi) is 2.44. The summed E-state index contributed by atoms with van der Waals surface area (Å²) in [7, 11) is 0. The summed E-state index contributed by atoms with van der Waals surface area (Å²) >= 11 is 0. The Morgan fingerprint density at radius 3 is 2.22 bits per heavy atom. The summed E-state index contributed by atoms with van der Waals surface area (Å²) in [4.78, 5) is 11.3. The lowest BCUT2D eigenvalue weighted by Gasteiger charge is -2.11. The lowest BCUT2D eigenvalue weighted by Crippen LogP contribution is -2.19. The number of benzene rings is 2. The summed E-state index contributed by atoms with van der Waals surface area (Å²) in [5.74, 6) is -0.701. The maximum Gasteiger partial charge on any atom is 0.314 e. The van der Waals surface area contributed by atoms with Crippen LogP contribution in [0.2, 0.25) is 0 Å². The smallest absolute Gasteiger partial charge is 0.314 e. The molecule has 0 heterocycles. The standard InChI is InChI=1S/C16H14O2/c17-15(18)16(9-10-16)14-8-4-7-13(11-14)12-5-2-1-3-6-12/h1-8,11H,9-10H2,(H,17,18). The molecule has 2 heteroatoms. The van der Waals surface area contributed by atoms with Gasteiger partial charge in [-0.2, -0.15) is 0 Å². The first-order valence-electron chi connectivity index (χ1n) is 6.12. The highest BCUT2D eigenvalue weighted by Crippen LogP contribution is 2.48. The van der Waals surface area contributed by atoms with Crippen molar-refractivity contribution in [2.45, 2.75) is 18.3 Å². The van der Waals surface area contributed by atoms with Crippen molar-refractivity contribution in [2.24, 2.45) is 0 Å². The zero-order chi connectivity index (χ0) is 12.6. The summed E-state index contributed by atoms with van der Waals surface area (Å²) < 4.78 is 0. The molecule has 0 bridgehead atoms. The van der Waals surface area contributed by atoms with Crippen molar-refractivity contribution in [3.05, 3.63) is 60.2 Å². The molecule has 2 aromatic rings. The quantitative estimate of drug-likeness (QED) is 0.889. The van der Waals surface area contributed by atoms with Gasteiger partial charge in [0, 0.05) is 0 Å². The van der Waals surface area contributed by atoms with Crippen LogP contribution in [-0.4, -0.2) is 11.1 Å². The van der Waals surface area contributed by atoms with Crippen LogP contribution >= 0.6 is 0 Å². The Morgan fingerprint density at radius 1 is 0.944 bits per heavy atom. The van der Waals surface area contributed by atoms with E-state index in [1.807, 2.05) is 54.6 Å². The minimum absolute atomic E-state index is 0.620. The molecule has 1 N–H and O–H groups in total. The molecule has 90 valence electrons. The maximum atomic E-state index is 11.3. The summed E-state index contributed by atoms with van der Waals surface area (Å²) in [6.07, 6.45) is 1.50. The van der Waals surface area contributed by atoms with Crippen molar-refractivity contribution in [1.82, 2.24) is 0 Å². The van der Waals surface area contributed by atoms with E-state index in [-0.39, 0.29) is 0 Å². The van der Waals surface area contributed by atoms with Crippen LogP contribution in [0.15, 0.2) is 54.6 Å². The second-order valence-electron chi connectivity index (χ2n) is 4.83. The van der Waals surface area contributed by atoms with Crippen molar-refractivity contribution < 1.29 is 9.90 Å². The predicted molar refractivity (Wildman–Crippen MR) is 70.4 cm³/mol. The fourth-order valence-electron chi connectivity index (χ4n) is 2.38. The largest absolute Gasteiger partial charge is 0.481 e. The van der Waals surface area contributed by atoms with E-state index in [2.05, 4.69) is 0 Å². The van der Waals surface area contributed by atoms with E-state index in [4.69, 9.17) is 0 Å². The van der Waals surface area contributed by atoms with Gasteiger partial charge in [-0.25, -0.2) is 0 Å². The first-order chi connectivity index (χ1) is 8.72. The molecule has 0 aliphatic heterocycles. The molecular formula is C16H14O2. The number of hydrogen-bond donors (Lipinski definition) is 1. The SMILES string of the molecule is O=C(O)C1(c2cccc(-c3ccccc3)c2)CC1. The molecule has 0 aromatic heterocycles. The summed E-state index contributed by atoms with van der Waals surface area (Å²) in [6.45, 7) is 0. The van der Waals surface area contributed by atoms with Crippen molar-refractivity contribution in [2.75, 3.05) is 0 Å². The molecule has 3 rings (SSSR count). The molecule has 2 nitrogen and oxygen atoms in total. The van der Waals surface area contributed by atoms with Gasteiger partial charge in [0.2, 0.25) is 0 Å². The lowest BCUT2D eigenvalue weighted by atomic mass is 9.93. The van der Waals surface area contributed by atoms with Gasteiger partial charge in [0.05, 0.1) is 5.41 Å². The second kappa shape index (κ2) is 3.98. The van der Waals surface area contributed by atoms with Crippen LogP contribution in [0.1, 0.15) is 18.4 Å². The van der Waals surface area contributed by atoms with Crippen molar-refractivity contribution in [3.63, 3.8) is 0 Å². The van der Waals surface area contributed by atoms with E-state index in [0.717, 1.165) is 29.5 Å². The lowest BCUT2D eigenvalue weighted by molar-refractivity contribution is -0.140. The molecule has 18 heavy (non-hydrogen) atoms. The van der Waals surface area contributed by atoms with Crippen molar-refractivity contribution in [3.8, 4) is 11.1 Å². The third-order valence-electron chi connectivity index (χ3n) is 3.68. The van der Waals surface area contributed by atoms with Gasteiger partial charge in [0.25, 0.3) is 0 Å². The van der Waals surface area contributed by atoms with Gasteiger partial charge in [0.15, 0.2) is 0 Å². The average molecular weight is 238 g/mol. The highest BCUT2D eigenvalue weighted by molar-refractivity contribution is 5.85. The van der Waals surface area contributed by atoms with Gasteiger partial charge >= 0.3 is 5.97 Å². The minimum atomic E-state index is -0.701. The Bertz CT molecular complexity index is 583. The average Bonchev–Trinajstić information content (AvgIpc) is 3.21. The molecule has 0 amide bonds. The van der Waals surface area contributed by atoms with Gasteiger partial charge in [-0.1, -0.05) is 54.6 Å². The molecule has 0 radical (unpaired) electrons. The van der Waals surface area contributed by atoms with Gasteiger partial charge in [-0.3, -0.25) is 4.79 Å². The molecule has 0 atom stereocenters. The normalized spacial score (nSPS) is 16.2. The van der Waals surface area contributed by atoms with Crippen LogP contribution in [-0.2, 0) is 10.2 Å². The molecule has 1 aliphatic carbocycles. The van der Waals surface area contributed by atoms with E-state index in [1.165, 1.54) is 0 Å². The van der Waals surface area contributed by atoms with Crippen LogP contribution in [0.3, 0.4) is 0 Å². The monoisotopic (exact) mass is 238 g/mol. The van der Waals surface area contributed by atoms with E-state index >= 15 is 0 Å². The molecule has 0 saturated heterocycles. The van der Waals surface area contributed by atoms with Gasteiger partial charge in [-0.05, 0) is 29.5 Å². The number of carboxylic acid groups (broad SMARTS) is 1. The van der Waals surface area contributed by atoms with E-state index in [9.17, 15) is 9.90 Å². The molecule has 0 spiro atoms. The third kappa shape index (κ3) is 1.70. The van der Waals surface area contributed by atoms with E-state index < -0.39 is 11.4 Å². The molecule has 1 fully saturated rings. The number of aliphatic carboxylic acids is 1. The third-order valence-corrected chi connectivity index (χ3v) is 3.68. The van der Waals surface area contributed by atoms with Crippen LogP contribution in [0.4, 0.5) is 0 Å². The zero-order valence-electron chi connectivity index (χ0n) is 9.97. The maximum absolute atomic E-state index is 11.3. The number of carbonyl (C=O) groups is 1. The number of rotatable bonds is 3. The van der Waals surface area contributed by atoms with Crippen LogP contribution in [0.25, 0.3) is 11.1 Å². The zero-order valence-corrected chi connectivity index (χ0v) is 9.97. The van der Waals surface area contributed by atoms with Gasteiger partial charge in [0.1, 0.15) is 0 Å². The Hall–Kier alpha value is -2.09. The second-order valence-corrected chi connectivity index (χ2v) is 4.83. The van der Waals surface area contributed by atoms with Crippen LogP contribution < -0.4 is 0 Å². The van der Waals surface area contributed by atoms with Gasteiger partial charge < -0.3 is 5.11 Å². The fourth-order valence-corrected chi connectivity index (χ4v) is 2.38. The first kappa shape index (κ1) is 11.0. The van der Waals surface area contributed by atoms with Gasteiger partial charge in [-0.15, -0.1) is 0 Å². The van der Waals surface area contributed by atoms with Crippen molar-refractivity contribution in [1.29, 1.82) is 0 Å². The van der Waals surface area contributed by atoms with Crippen LogP contribution in [0, 0.1) is 0 Å². The predicted octanol–water partition coefficient (Wildman–Crippen LogP) is 3.47. The number of carboxylic acids is 1. The highest BCUT2D eigenvalue weighted by Gasteiger charge is 2.51. The molecule has 1 aliphatic rings. The molecule has 1 saturated carbocycles. The van der Waals surface area contributed by atoms with E-state index in [0.29, 0.717) is 0 Å². The summed E-state index contributed by atoms with van der Waals surface area (Å²) in [6, 6.07) is 17.9. The number of hydrogen-bond acceptors (Lipinski definition) is 1. The van der Waals surface area contributed by atoms with Crippen molar-refractivity contribution >= 4 is 5.97 Å². The molecule has 2 aromatic carbocycles. The summed E-state index contributed by atoms with van der Waals surface area (Å²) in [5, 5.41) is 9.32. The Balaban J connectivity index is 2.03. The first-order valence-corrected chi connectivity index (χ1v) is 6.12. The molecule has 0 unspecified atom stereocenters. The fraction of sp³-hybridized carbons (Fsp3) is 0.188. The van der Waals surface area contributed by atoms with Crippen LogP contribution in [0.5, 0.6) is 0 Å². The Morgan fingerprint density at radius 2 is 1.61 bits per heavy atom. The minimum Gasteiger partial charge on any atom is -0.481 e. The topological polar surface area (TPSA) is 37.3 Å².